The fourth-order valence-corrected chi connectivity index (χ4v) is 1.77. The first-order valence-electron chi connectivity index (χ1n) is 6.55. The van der Waals surface area contributed by atoms with Gasteiger partial charge in [0.25, 0.3) is 0 Å². The highest BCUT2D eigenvalue weighted by Crippen LogP contribution is 2.13. The Labute approximate surface area is 129 Å². The number of hydrogen-bond acceptors (Lipinski definition) is 4. The highest BCUT2D eigenvalue weighted by molar-refractivity contribution is 6.30. The summed E-state index contributed by atoms with van der Waals surface area (Å²) in [5.41, 5.74) is 0.585. The molecule has 21 heavy (non-hydrogen) atoms. The largest absolute Gasteiger partial charge is 0.480 e. The van der Waals surface area contributed by atoms with Crippen molar-refractivity contribution in [2.24, 2.45) is 0 Å². The number of halogens is 1. The molecule has 0 saturated carbocycles. The van der Waals surface area contributed by atoms with E-state index in [1.807, 2.05) is 19.0 Å². The van der Waals surface area contributed by atoms with Crippen LogP contribution in [0.4, 0.5) is 5.69 Å². The molecule has 1 aromatic carbocycles. The van der Waals surface area contributed by atoms with E-state index >= 15 is 0 Å². The van der Waals surface area contributed by atoms with Crippen molar-refractivity contribution in [1.82, 2.24) is 10.2 Å². The maximum absolute atomic E-state index is 11.9. The van der Waals surface area contributed by atoms with Gasteiger partial charge in [-0.3, -0.25) is 9.59 Å². The fourth-order valence-electron chi connectivity index (χ4n) is 1.64. The Morgan fingerprint density at radius 1 is 1.29 bits per heavy atom. The topological polar surface area (TPSA) is 81.7 Å². The normalized spacial score (nSPS) is 12.2. The second kappa shape index (κ2) is 8.61. The molecule has 0 saturated heterocycles. The maximum Gasteiger partial charge on any atom is 0.321 e. The molecule has 0 spiro atoms. The van der Waals surface area contributed by atoms with Crippen LogP contribution in [-0.4, -0.2) is 55.1 Å². The number of carboxylic acid groups (broad SMARTS) is 1. The van der Waals surface area contributed by atoms with Crippen LogP contribution in [0.2, 0.25) is 5.02 Å². The standard InChI is InChI=1S/C14H20ClN3O3/c1-18(2)8-7-16-12(14(20)21)9-13(19)17-11-5-3-10(15)4-6-11/h3-6,12,16H,7-9H2,1-2H3,(H,17,19)(H,20,21). The molecule has 0 aliphatic rings. The number of carbonyl (C=O) groups excluding carboxylic acids is 1. The van der Waals surface area contributed by atoms with E-state index < -0.39 is 12.0 Å². The summed E-state index contributed by atoms with van der Waals surface area (Å²) >= 11 is 5.75. The minimum Gasteiger partial charge on any atom is -0.480 e. The van der Waals surface area contributed by atoms with Gasteiger partial charge in [0.15, 0.2) is 0 Å². The van der Waals surface area contributed by atoms with Gasteiger partial charge >= 0.3 is 5.97 Å². The lowest BCUT2D eigenvalue weighted by Crippen LogP contribution is -2.42. The average molecular weight is 314 g/mol. The molecule has 0 aliphatic carbocycles. The summed E-state index contributed by atoms with van der Waals surface area (Å²) in [4.78, 5) is 24.9. The van der Waals surface area contributed by atoms with Gasteiger partial charge in [-0.1, -0.05) is 11.6 Å². The predicted molar refractivity (Wildman–Crippen MR) is 82.7 cm³/mol. The lowest BCUT2D eigenvalue weighted by atomic mass is 10.2. The SMILES string of the molecule is CN(C)CCNC(CC(=O)Nc1ccc(Cl)cc1)C(=O)O. The van der Waals surface area contributed by atoms with Crippen LogP contribution in [0.3, 0.4) is 0 Å². The molecular weight excluding hydrogens is 294 g/mol. The van der Waals surface area contributed by atoms with Crippen molar-refractivity contribution in [3.05, 3.63) is 29.3 Å². The van der Waals surface area contributed by atoms with Gasteiger partial charge in [0.1, 0.15) is 6.04 Å². The Hall–Kier alpha value is -1.63. The molecule has 1 atom stereocenters. The summed E-state index contributed by atoms with van der Waals surface area (Å²) in [6.45, 7) is 1.20. The molecule has 0 fully saturated rings. The zero-order chi connectivity index (χ0) is 15.8. The fraction of sp³-hybridized carbons (Fsp3) is 0.429. The summed E-state index contributed by atoms with van der Waals surface area (Å²) < 4.78 is 0. The third-order valence-electron chi connectivity index (χ3n) is 2.77. The number of carbonyl (C=O) groups is 2. The van der Waals surface area contributed by atoms with Gasteiger partial charge in [0.2, 0.25) is 5.91 Å². The number of aliphatic carboxylic acids is 1. The van der Waals surface area contributed by atoms with Crippen LogP contribution in [0.15, 0.2) is 24.3 Å². The number of amides is 1. The number of anilines is 1. The minimum atomic E-state index is -1.04. The Morgan fingerprint density at radius 2 is 1.90 bits per heavy atom. The first-order chi connectivity index (χ1) is 9.88. The predicted octanol–water partition coefficient (Wildman–Crippen LogP) is 1.27. The van der Waals surface area contributed by atoms with E-state index in [0.29, 0.717) is 23.8 Å². The monoisotopic (exact) mass is 313 g/mol. The first-order valence-corrected chi connectivity index (χ1v) is 6.92. The Kier molecular flexibility index (Phi) is 7.14. The molecule has 6 nitrogen and oxygen atoms in total. The molecule has 1 rings (SSSR count). The molecule has 0 bridgehead atoms. The van der Waals surface area contributed by atoms with Gasteiger partial charge in [-0.25, -0.2) is 0 Å². The lowest BCUT2D eigenvalue weighted by molar-refractivity contribution is -0.141. The molecular formula is C14H20ClN3O3. The zero-order valence-electron chi connectivity index (χ0n) is 12.1. The molecule has 7 heteroatoms. The van der Waals surface area contributed by atoms with Crippen molar-refractivity contribution in [2.45, 2.75) is 12.5 Å². The van der Waals surface area contributed by atoms with Crippen molar-refractivity contribution < 1.29 is 14.7 Å². The summed E-state index contributed by atoms with van der Waals surface area (Å²) in [6.07, 6.45) is -0.134. The van der Waals surface area contributed by atoms with Gasteiger partial charge in [-0.2, -0.15) is 0 Å². The van der Waals surface area contributed by atoms with Gasteiger partial charge < -0.3 is 20.6 Å². The molecule has 0 aliphatic heterocycles. The lowest BCUT2D eigenvalue weighted by Gasteiger charge is -2.16. The number of benzene rings is 1. The van der Waals surface area contributed by atoms with E-state index in [-0.39, 0.29) is 12.3 Å². The van der Waals surface area contributed by atoms with Gasteiger partial charge in [0, 0.05) is 23.8 Å². The summed E-state index contributed by atoms with van der Waals surface area (Å²) in [6, 6.07) is 5.73. The highest BCUT2D eigenvalue weighted by atomic mass is 35.5. The third-order valence-corrected chi connectivity index (χ3v) is 3.02. The quantitative estimate of drug-likeness (QED) is 0.673. The van der Waals surface area contributed by atoms with Gasteiger partial charge in [0.05, 0.1) is 6.42 Å². The molecule has 3 N–H and O–H groups in total. The average Bonchev–Trinajstić information content (AvgIpc) is 2.39. The highest BCUT2D eigenvalue weighted by Gasteiger charge is 2.20. The van der Waals surface area contributed by atoms with Crippen LogP contribution in [0.1, 0.15) is 6.42 Å². The smallest absolute Gasteiger partial charge is 0.321 e. The van der Waals surface area contributed by atoms with E-state index in [1.54, 1.807) is 24.3 Å². The van der Waals surface area contributed by atoms with E-state index in [1.165, 1.54) is 0 Å². The Balaban J connectivity index is 2.48. The molecule has 1 aromatic rings. The van der Waals surface area contributed by atoms with Crippen molar-refractivity contribution in [3.8, 4) is 0 Å². The van der Waals surface area contributed by atoms with E-state index in [0.717, 1.165) is 0 Å². The van der Waals surface area contributed by atoms with Crippen molar-refractivity contribution in [1.29, 1.82) is 0 Å². The molecule has 1 unspecified atom stereocenters. The van der Waals surface area contributed by atoms with Crippen LogP contribution in [0, 0.1) is 0 Å². The summed E-state index contributed by atoms with van der Waals surface area (Å²) in [7, 11) is 3.79. The molecule has 116 valence electrons. The first kappa shape index (κ1) is 17.4. The number of rotatable bonds is 8. The van der Waals surface area contributed by atoms with Gasteiger partial charge in [-0.15, -0.1) is 0 Å². The van der Waals surface area contributed by atoms with E-state index in [2.05, 4.69) is 10.6 Å². The second-order valence-electron chi connectivity index (χ2n) is 4.91. The van der Waals surface area contributed by atoms with Gasteiger partial charge in [-0.05, 0) is 38.4 Å². The van der Waals surface area contributed by atoms with Crippen LogP contribution in [-0.2, 0) is 9.59 Å². The van der Waals surface area contributed by atoms with Crippen molar-refractivity contribution >= 4 is 29.2 Å². The number of likely N-dealkylation sites (N-methyl/N-ethyl adjacent to an activating group) is 1. The van der Waals surface area contributed by atoms with Crippen LogP contribution >= 0.6 is 11.6 Å². The van der Waals surface area contributed by atoms with E-state index in [9.17, 15) is 9.59 Å². The Bertz CT molecular complexity index is 477. The maximum atomic E-state index is 11.9. The third kappa shape index (κ3) is 7.08. The second-order valence-corrected chi connectivity index (χ2v) is 5.34. The van der Waals surface area contributed by atoms with Crippen LogP contribution in [0.25, 0.3) is 0 Å². The number of carboxylic acids is 1. The Morgan fingerprint density at radius 3 is 2.43 bits per heavy atom. The summed E-state index contributed by atoms with van der Waals surface area (Å²) in [5, 5.41) is 15.2. The number of hydrogen-bond donors (Lipinski definition) is 3. The van der Waals surface area contributed by atoms with Crippen LogP contribution < -0.4 is 10.6 Å². The number of nitrogens with one attached hydrogen (secondary N) is 2. The molecule has 0 heterocycles. The van der Waals surface area contributed by atoms with Crippen molar-refractivity contribution in [2.75, 3.05) is 32.5 Å². The summed E-state index contributed by atoms with van der Waals surface area (Å²) in [5.74, 6) is -1.40. The zero-order valence-corrected chi connectivity index (χ0v) is 12.9. The molecule has 0 radical (unpaired) electrons. The van der Waals surface area contributed by atoms with E-state index in [4.69, 9.17) is 16.7 Å². The van der Waals surface area contributed by atoms with Crippen molar-refractivity contribution in [3.63, 3.8) is 0 Å². The molecule has 1 amide bonds. The minimum absolute atomic E-state index is 0.134. The molecule has 0 aromatic heterocycles. The van der Waals surface area contributed by atoms with Crippen LogP contribution in [0.5, 0.6) is 0 Å². The number of nitrogens with zero attached hydrogens (tertiary/aromatic N) is 1.